The topological polar surface area (TPSA) is 41.5 Å². The summed E-state index contributed by atoms with van der Waals surface area (Å²) in [5, 5.41) is 13.5. The molecule has 3 atom stereocenters. The third kappa shape index (κ3) is 5.84. The smallest absolute Gasteiger partial charge is 0.0697 e. The number of rotatable bonds is 3. The fraction of sp³-hybridized carbons (Fsp3) is 1.00. The van der Waals surface area contributed by atoms with Gasteiger partial charge in [0, 0.05) is 11.6 Å². The first-order valence-corrected chi connectivity index (χ1v) is 6.66. The molecule has 0 spiro atoms. The molecule has 1 rings (SSSR count). The highest BCUT2D eigenvalue weighted by molar-refractivity contribution is 4.91. The van der Waals surface area contributed by atoms with Crippen LogP contribution >= 0.6 is 0 Å². The molecule has 0 aromatic rings. The second-order valence-corrected chi connectivity index (χ2v) is 7.33. The molecule has 0 aromatic carbocycles. The maximum atomic E-state index is 10.0. The Kier molecular flexibility index (Phi) is 4.61. The minimum atomic E-state index is -0.234. The average molecular weight is 243 g/mol. The lowest BCUT2D eigenvalue weighted by Crippen LogP contribution is -2.47. The van der Waals surface area contributed by atoms with Gasteiger partial charge in [0.1, 0.15) is 0 Å². The van der Waals surface area contributed by atoms with Crippen LogP contribution in [-0.2, 0) is 4.74 Å². The second kappa shape index (κ2) is 5.25. The molecule has 1 saturated carbocycles. The Balaban J connectivity index is 2.39. The van der Waals surface area contributed by atoms with Crippen molar-refractivity contribution in [1.82, 2.24) is 5.32 Å². The molecule has 0 radical (unpaired) electrons. The molecular weight excluding hydrogens is 214 g/mol. The van der Waals surface area contributed by atoms with Gasteiger partial charge in [0.25, 0.3) is 0 Å². The molecule has 3 nitrogen and oxygen atoms in total. The Morgan fingerprint density at radius 2 is 1.71 bits per heavy atom. The predicted molar refractivity (Wildman–Crippen MR) is 71.1 cm³/mol. The average Bonchev–Trinajstić information content (AvgIpc) is 2.40. The largest absolute Gasteiger partial charge is 0.391 e. The van der Waals surface area contributed by atoms with Gasteiger partial charge in [0.05, 0.1) is 18.3 Å². The van der Waals surface area contributed by atoms with Gasteiger partial charge in [-0.3, -0.25) is 0 Å². The Morgan fingerprint density at radius 3 is 2.18 bits per heavy atom. The Bertz CT molecular complexity index is 240. The summed E-state index contributed by atoms with van der Waals surface area (Å²) in [7, 11) is 0. The van der Waals surface area contributed by atoms with Crippen LogP contribution in [0.3, 0.4) is 0 Å². The van der Waals surface area contributed by atoms with E-state index in [2.05, 4.69) is 46.9 Å². The van der Waals surface area contributed by atoms with Gasteiger partial charge < -0.3 is 15.2 Å². The maximum absolute atomic E-state index is 10.0. The van der Waals surface area contributed by atoms with Crippen LogP contribution in [0.15, 0.2) is 0 Å². The van der Waals surface area contributed by atoms with E-state index >= 15 is 0 Å². The number of aliphatic hydroxyl groups is 1. The summed E-state index contributed by atoms with van der Waals surface area (Å²) in [6.07, 6.45) is 1.63. The van der Waals surface area contributed by atoms with E-state index in [0.29, 0.717) is 5.92 Å². The Labute approximate surface area is 106 Å². The van der Waals surface area contributed by atoms with Crippen molar-refractivity contribution < 1.29 is 9.84 Å². The van der Waals surface area contributed by atoms with E-state index in [-0.39, 0.29) is 23.3 Å². The quantitative estimate of drug-likeness (QED) is 0.799. The van der Waals surface area contributed by atoms with Gasteiger partial charge in [-0.25, -0.2) is 0 Å². The van der Waals surface area contributed by atoms with Crippen molar-refractivity contribution in [2.45, 2.75) is 77.7 Å². The molecule has 2 N–H and O–H groups in total. The first-order valence-electron chi connectivity index (χ1n) is 6.66. The third-order valence-corrected chi connectivity index (χ3v) is 3.00. The first-order chi connectivity index (χ1) is 7.57. The fourth-order valence-corrected chi connectivity index (χ4v) is 2.33. The van der Waals surface area contributed by atoms with E-state index in [1.54, 1.807) is 0 Å². The van der Waals surface area contributed by atoms with Crippen molar-refractivity contribution in [3.8, 4) is 0 Å². The zero-order valence-electron chi connectivity index (χ0n) is 12.2. The molecule has 17 heavy (non-hydrogen) atoms. The zero-order valence-corrected chi connectivity index (χ0v) is 12.2. The van der Waals surface area contributed by atoms with Gasteiger partial charge in [0.15, 0.2) is 0 Å². The minimum absolute atomic E-state index is 0.0609. The lowest BCUT2D eigenvalue weighted by molar-refractivity contribution is -0.0229. The van der Waals surface area contributed by atoms with E-state index in [9.17, 15) is 5.11 Å². The van der Waals surface area contributed by atoms with Gasteiger partial charge >= 0.3 is 0 Å². The zero-order chi connectivity index (χ0) is 13.3. The molecule has 102 valence electrons. The molecule has 1 aliphatic rings. The normalized spacial score (nSPS) is 30.9. The van der Waals surface area contributed by atoms with Crippen molar-refractivity contribution in [2.24, 2.45) is 5.92 Å². The highest BCUT2D eigenvalue weighted by atomic mass is 16.5. The Hall–Kier alpha value is -0.120. The van der Waals surface area contributed by atoms with Crippen molar-refractivity contribution in [1.29, 1.82) is 0 Å². The van der Waals surface area contributed by atoms with Crippen LogP contribution in [-0.4, -0.2) is 35.0 Å². The van der Waals surface area contributed by atoms with E-state index in [1.165, 1.54) is 0 Å². The molecule has 0 saturated heterocycles. The summed E-state index contributed by atoms with van der Waals surface area (Å²) in [6, 6.07) is 0.212. The molecule has 0 bridgehead atoms. The highest BCUT2D eigenvalue weighted by Gasteiger charge is 2.35. The predicted octanol–water partition coefficient (Wildman–Crippen LogP) is 2.33. The maximum Gasteiger partial charge on any atom is 0.0697 e. The van der Waals surface area contributed by atoms with E-state index < -0.39 is 0 Å². The molecule has 1 fully saturated rings. The lowest BCUT2D eigenvalue weighted by atomic mass is 10.0. The van der Waals surface area contributed by atoms with Gasteiger partial charge in [-0.15, -0.1) is 0 Å². The van der Waals surface area contributed by atoms with E-state index in [1.807, 2.05) is 0 Å². The second-order valence-electron chi connectivity index (χ2n) is 7.33. The van der Waals surface area contributed by atoms with Crippen LogP contribution in [0.1, 0.15) is 54.4 Å². The lowest BCUT2D eigenvalue weighted by Gasteiger charge is -2.28. The summed E-state index contributed by atoms with van der Waals surface area (Å²) in [6.45, 7) is 13.4. The molecule has 3 unspecified atom stereocenters. The van der Waals surface area contributed by atoms with Gasteiger partial charge in [0.2, 0.25) is 0 Å². The van der Waals surface area contributed by atoms with E-state index in [0.717, 1.165) is 19.4 Å². The first kappa shape index (κ1) is 14.9. The number of ether oxygens (including phenoxy) is 1. The van der Waals surface area contributed by atoms with Crippen LogP contribution in [0.25, 0.3) is 0 Å². The van der Waals surface area contributed by atoms with Gasteiger partial charge in [-0.05, 0) is 60.3 Å². The van der Waals surface area contributed by atoms with Crippen molar-refractivity contribution in [2.75, 3.05) is 6.61 Å². The molecule has 0 amide bonds. The summed E-state index contributed by atoms with van der Waals surface area (Å²) in [5.74, 6) is 0.476. The summed E-state index contributed by atoms with van der Waals surface area (Å²) in [5.41, 5.74) is -0.0219. The molecular formula is C14H29NO2. The molecule has 1 aliphatic carbocycles. The third-order valence-electron chi connectivity index (χ3n) is 3.00. The van der Waals surface area contributed by atoms with Crippen LogP contribution in [0.4, 0.5) is 0 Å². The number of hydrogen-bond donors (Lipinski definition) is 2. The number of hydrogen-bond acceptors (Lipinski definition) is 3. The summed E-state index contributed by atoms with van der Waals surface area (Å²) >= 11 is 0. The standard InChI is InChI=1S/C14H29NO2/c1-13(2,3)15-11-7-10(8-12(11)16)9-17-14(4,5)6/h10-12,15-16H,7-9H2,1-6H3. The van der Waals surface area contributed by atoms with Crippen LogP contribution in [0.2, 0.25) is 0 Å². The van der Waals surface area contributed by atoms with E-state index in [4.69, 9.17) is 4.74 Å². The molecule has 0 heterocycles. The van der Waals surface area contributed by atoms with Crippen molar-refractivity contribution in [3.05, 3.63) is 0 Å². The highest BCUT2D eigenvalue weighted by Crippen LogP contribution is 2.28. The fourth-order valence-electron chi connectivity index (χ4n) is 2.33. The van der Waals surface area contributed by atoms with Crippen molar-refractivity contribution in [3.63, 3.8) is 0 Å². The number of nitrogens with one attached hydrogen (secondary N) is 1. The summed E-state index contributed by atoms with van der Waals surface area (Å²) in [4.78, 5) is 0. The molecule has 0 aliphatic heterocycles. The number of aliphatic hydroxyl groups excluding tert-OH is 1. The van der Waals surface area contributed by atoms with Crippen LogP contribution < -0.4 is 5.32 Å². The Morgan fingerprint density at radius 1 is 1.12 bits per heavy atom. The molecule has 3 heteroatoms. The van der Waals surface area contributed by atoms with Crippen LogP contribution in [0.5, 0.6) is 0 Å². The SMILES string of the molecule is CC(C)(C)NC1CC(COC(C)(C)C)CC1O. The van der Waals surface area contributed by atoms with Crippen LogP contribution in [0, 0.1) is 5.92 Å². The monoisotopic (exact) mass is 243 g/mol. The summed E-state index contributed by atoms with van der Waals surface area (Å²) < 4.78 is 5.80. The van der Waals surface area contributed by atoms with Crippen molar-refractivity contribution >= 4 is 0 Å². The van der Waals surface area contributed by atoms with Gasteiger partial charge in [-0.2, -0.15) is 0 Å². The minimum Gasteiger partial charge on any atom is -0.391 e. The molecule has 0 aromatic heterocycles. The van der Waals surface area contributed by atoms with Gasteiger partial charge in [-0.1, -0.05) is 0 Å².